The van der Waals surface area contributed by atoms with E-state index in [-0.39, 0.29) is 47.1 Å². The number of hydrogen-bond acceptors (Lipinski definition) is 4. The van der Waals surface area contributed by atoms with Gasteiger partial charge in [-0.05, 0) is 93.8 Å². The number of ketones is 4. The van der Waals surface area contributed by atoms with Gasteiger partial charge in [-0.25, -0.2) is 0 Å². The van der Waals surface area contributed by atoms with Crippen molar-refractivity contribution in [2.45, 2.75) is 101 Å². The highest BCUT2D eigenvalue weighted by Crippen LogP contribution is 2.77. The second-order valence-electron chi connectivity index (χ2n) is 15.8. The number of allylic oxidation sites excluding steroid dienone is 4. The largest absolute Gasteiger partial charge is 0.297 e. The van der Waals surface area contributed by atoms with Crippen molar-refractivity contribution in [3.05, 3.63) is 59.2 Å². The molecule has 4 nitrogen and oxygen atoms in total. The first-order valence-electron chi connectivity index (χ1n) is 16.1. The van der Waals surface area contributed by atoms with E-state index in [4.69, 9.17) is 0 Å². The second kappa shape index (κ2) is 9.96. The van der Waals surface area contributed by atoms with Crippen LogP contribution >= 0.6 is 0 Å². The molecule has 5 aliphatic carbocycles. The molecule has 0 saturated heterocycles. The Kier molecular flexibility index (Phi) is 7.31. The molecule has 42 heavy (non-hydrogen) atoms. The van der Waals surface area contributed by atoms with Gasteiger partial charge < -0.3 is 0 Å². The van der Waals surface area contributed by atoms with Crippen LogP contribution in [0, 0.1) is 50.7 Å². The lowest BCUT2D eigenvalue weighted by atomic mass is 9.37. The molecule has 0 radical (unpaired) electrons. The standard InChI is InChI=1S/C38H50O4/c1-23(2)14-13-15-25(5)18-19-36-21-27-20-29-34(6,7)28(24(3)4)22-37(29,31(36)40)33(42)38(32(36)41,35(27,8)9)30(39)26-16-11-10-12-17-26/h10-12,14,16-18,24,27-29H,13,15,19-22H2,1-9H3/t27-,28+,29+,36-,37+,38-/m1/s1. The van der Waals surface area contributed by atoms with Crippen molar-refractivity contribution in [3.63, 3.8) is 0 Å². The van der Waals surface area contributed by atoms with Crippen LogP contribution in [0.25, 0.3) is 0 Å². The molecular weight excluding hydrogens is 520 g/mol. The molecule has 5 aliphatic rings. The van der Waals surface area contributed by atoms with Gasteiger partial charge in [-0.2, -0.15) is 0 Å². The zero-order valence-corrected chi connectivity index (χ0v) is 27.2. The second-order valence-corrected chi connectivity index (χ2v) is 15.8. The van der Waals surface area contributed by atoms with E-state index in [1.165, 1.54) is 5.57 Å². The van der Waals surface area contributed by atoms with Crippen LogP contribution in [0.2, 0.25) is 0 Å². The van der Waals surface area contributed by atoms with E-state index in [2.05, 4.69) is 60.6 Å². The van der Waals surface area contributed by atoms with Crippen molar-refractivity contribution in [1.29, 1.82) is 0 Å². The topological polar surface area (TPSA) is 68.3 Å². The molecule has 0 amide bonds. The van der Waals surface area contributed by atoms with E-state index in [1.807, 2.05) is 19.9 Å². The lowest BCUT2D eigenvalue weighted by Crippen LogP contribution is -2.75. The molecule has 226 valence electrons. The monoisotopic (exact) mass is 570 g/mol. The number of hydrogen-bond donors (Lipinski definition) is 0. The molecule has 4 bridgehead atoms. The van der Waals surface area contributed by atoms with Crippen molar-refractivity contribution in [2.24, 2.45) is 50.7 Å². The molecule has 0 unspecified atom stereocenters. The van der Waals surface area contributed by atoms with Crippen LogP contribution in [0.5, 0.6) is 0 Å². The van der Waals surface area contributed by atoms with Crippen LogP contribution in [0.1, 0.15) is 111 Å². The fraction of sp³-hybridized carbons (Fsp3) is 0.632. The average molecular weight is 571 g/mol. The first kappa shape index (κ1) is 30.8. The van der Waals surface area contributed by atoms with E-state index in [9.17, 15) is 4.79 Å². The summed E-state index contributed by atoms with van der Waals surface area (Å²) in [5.41, 5.74) is -2.93. The normalized spacial score (nSPS) is 36.3. The minimum Gasteiger partial charge on any atom is -0.297 e. The Labute approximate surface area is 252 Å². The van der Waals surface area contributed by atoms with Crippen LogP contribution in [-0.4, -0.2) is 23.1 Å². The summed E-state index contributed by atoms with van der Waals surface area (Å²) in [6.07, 6.45) is 7.86. The maximum absolute atomic E-state index is 15.4. The van der Waals surface area contributed by atoms with E-state index < -0.39 is 33.2 Å². The summed E-state index contributed by atoms with van der Waals surface area (Å²) in [4.78, 5) is 60.7. The summed E-state index contributed by atoms with van der Waals surface area (Å²) in [6, 6.07) is 8.86. The lowest BCUT2D eigenvalue weighted by Gasteiger charge is -2.60. The molecule has 1 aromatic rings. The third kappa shape index (κ3) is 3.78. The van der Waals surface area contributed by atoms with E-state index in [1.54, 1.807) is 24.3 Å². The van der Waals surface area contributed by atoms with E-state index >= 15 is 14.4 Å². The molecule has 0 aromatic heterocycles. The van der Waals surface area contributed by atoms with Crippen molar-refractivity contribution in [3.8, 4) is 0 Å². The van der Waals surface area contributed by atoms with Gasteiger partial charge in [-0.15, -0.1) is 0 Å². The molecule has 5 fully saturated rings. The number of rotatable bonds is 8. The quantitative estimate of drug-likeness (QED) is 0.179. The van der Waals surface area contributed by atoms with Crippen LogP contribution in [0.15, 0.2) is 53.6 Å². The molecule has 5 saturated carbocycles. The molecule has 1 spiro atoms. The van der Waals surface area contributed by atoms with Crippen molar-refractivity contribution < 1.29 is 19.2 Å². The Morgan fingerprint density at radius 1 is 0.905 bits per heavy atom. The van der Waals surface area contributed by atoms with Gasteiger partial charge in [-0.1, -0.05) is 95.2 Å². The fourth-order valence-corrected chi connectivity index (χ4v) is 10.2. The number of carbonyl (C=O) groups is 4. The van der Waals surface area contributed by atoms with E-state index in [0.29, 0.717) is 24.8 Å². The van der Waals surface area contributed by atoms with Gasteiger partial charge in [0.05, 0.1) is 10.8 Å². The maximum atomic E-state index is 15.4. The Bertz CT molecular complexity index is 1390. The Balaban J connectivity index is 1.77. The molecule has 0 N–H and O–H groups in total. The molecule has 4 heteroatoms. The molecule has 0 heterocycles. The highest BCUT2D eigenvalue weighted by atomic mass is 16.2. The lowest BCUT2D eigenvalue weighted by molar-refractivity contribution is -0.181. The highest BCUT2D eigenvalue weighted by molar-refractivity contribution is 6.42. The van der Waals surface area contributed by atoms with E-state index in [0.717, 1.165) is 18.4 Å². The average Bonchev–Trinajstić information content (AvgIpc) is 3.07. The summed E-state index contributed by atoms with van der Waals surface area (Å²) in [6.45, 7) is 19.0. The SMILES string of the molecule is CC(C)=CCCC(C)=CC[C@@]12C[C@H]3C[C@H]4C(C)(C)[C@H](C(C)C)C[C@]4(C1=O)C(=O)[C@@](C(=O)c1ccccc1)(C2=O)C3(C)C. The van der Waals surface area contributed by atoms with Crippen molar-refractivity contribution in [1.82, 2.24) is 0 Å². The minimum absolute atomic E-state index is 0.102. The molecule has 6 rings (SSSR count). The summed E-state index contributed by atoms with van der Waals surface area (Å²) >= 11 is 0. The van der Waals surface area contributed by atoms with Crippen molar-refractivity contribution >= 4 is 23.1 Å². The van der Waals surface area contributed by atoms with Crippen LogP contribution in [0.4, 0.5) is 0 Å². The predicted octanol–water partition coefficient (Wildman–Crippen LogP) is 8.40. The van der Waals surface area contributed by atoms with Crippen LogP contribution in [0.3, 0.4) is 0 Å². The first-order chi connectivity index (χ1) is 19.5. The number of carbonyl (C=O) groups excluding carboxylic acids is 4. The van der Waals surface area contributed by atoms with Gasteiger partial charge in [0.1, 0.15) is 0 Å². The summed E-state index contributed by atoms with van der Waals surface area (Å²) in [5, 5.41) is 0. The van der Waals surface area contributed by atoms with Gasteiger partial charge >= 0.3 is 0 Å². The Morgan fingerprint density at radius 3 is 2.14 bits per heavy atom. The zero-order chi connectivity index (χ0) is 31.0. The number of Topliss-reactive ketones (excluding diaryl/α,β-unsaturated/α-hetero) is 4. The van der Waals surface area contributed by atoms with Crippen molar-refractivity contribution in [2.75, 3.05) is 0 Å². The van der Waals surface area contributed by atoms with Gasteiger partial charge in [0.25, 0.3) is 0 Å². The van der Waals surface area contributed by atoms with Crippen LogP contribution in [-0.2, 0) is 14.4 Å². The smallest absolute Gasteiger partial charge is 0.184 e. The summed E-state index contributed by atoms with van der Waals surface area (Å²) in [5.74, 6) is -1.26. The maximum Gasteiger partial charge on any atom is 0.184 e. The van der Waals surface area contributed by atoms with Gasteiger partial charge in [0.15, 0.2) is 28.5 Å². The number of benzene rings is 1. The molecule has 1 aromatic carbocycles. The molecular formula is C38H50O4. The molecule has 6 atom stereocenters. The Morgan fingerprint density at radius 2 is 1.55 bits per heavy atom. The van der Waals surface area contributed by atoms with Gasteiger partial charge in [-0.3, -0.25) is 19.2 Å². The predicted molar refractivity (Wildman–Crippen MR) is 167 cm³/mol. The van der Waals surface area contributed by atoms with Crippen LogP contribution < -0.4 is 0 Å². The first-order valence-corrected chi connectivity index (χ1v) is 16.1. The van der Waals surface area contributed by atoms with Gasteiger partial charge in [0, 0.05) is 5.56 Å². The zero-order valence-electron chi connectivity index (χ0n) is 27.2. The summed E-state index contributed by atoms with van der Waals surface area (Å²) in [7, 11) is 0. The Hall–Kier alpha value is -2.62. The minimum atomic E-state index is -1.87. The highest BCUT2D eigenvalue weighted by Gasteiger charge is 2.86. The third-order valence-corrected chi connectivity index (χ3v) is 12.5. The molecule has 0 aliphatic heterocycles. The van der Waals surface area contributed by atoms with Gasteiger partial charge in [0.2, 0.25) is 0 Å². The fourth-order valence-electron chi connectivity index (χ4n) is 10.2. The summed E-state index contributed by atoms with van der Waals surface area (Å²) < 4.78 is 0. The third-order valence-electron chi connectivity index (χ3n) is 12.5.